The zero-order valence-corrected chi connectivity index (χ0v) is 9.69. The van der Waals surface area contributed by atoms with Crippen LogP contribution in [0.1, 0.15) is 19.1 Å². The number of furan rings is 1. The van der Waals surface area contributed by atoms with Crippen molar-refractivity contribution in [2.24, 2.45) is 0 Å². The highest BCUT2D eigenvalue weighted by Crippen LogP contribution is 2.10. The van der Waals surface area contributed by atoms with E-state index in [1.165, 1.54) is 6.07 Å². The smallest absolute Gasteiger partial charge is 0.214 e. The molecule has 2 aromatic rings. The van der Waals surface area contributed by atoms with Crippen molar-refractivity contribution in [2.45, 2.75) is 25.8 Å². The lowest BCUT2D eigenvalue weighted by atomic mass is 10.1. The number of pyridine rings is 1. The number of rotatable bonds is 5. The predicted octanol–water partition coefficient (Wildman–Crippen LogP) is 3.25. The zero-order chi connectivity index (χ0) is 12.1. The number of aromatic nitrogens is 1. The topological polar surface area (TPSA) is 38.1 Å². The van der Waals surface area contributed by atoms with Crippen LogP contribution in [-0.2, 0) is 6.42 Å². The molecule has 0 aromatic carbocycles. The van der Waals surface area contributed by atoms with Crippen molar-refractivity contribution in [3.05, 3.63) is 48.3 Å². The van der Waals surface area contributed by atoms with Gasteiger partial charge in [-0.15, -0.1) is 0 Å². The van der Waals surface area contributed by atoms with Crippen LogP contribution in [0, 0.1) is 5.95 Å². The Morgan fingerprint density at radius 1 is 1.35 bits per heavy atom. The van der Waals surface area contributed by atoms with Gasteiger partial charge >= 0.3 is 0 Å². The molecule has 1 atom stereocenters. The van der Waals surface area contributed by atoms with E-state index >= 15 is 0 Å². The molecule has 0 aliphatic rings. The molecular weight excluding hydrogens is 219 g/mol. The lowest BCUT2D eigenvalue weighted by molar-refractivity contribution is 0.494. The van der Waals surface area contributed by atoms with Gasteiger partial charge < -0.3 is 9.73 Å². The van der Waals surface area contributed by atoms with Crippen molar-refractivity contribution in [3.63, 3.8) is 0 Å². The maximum atomic E-state index is 12.9. The molecule has 17 heavy (non-hydrogen) atoms. The van der Waals surface area contributed by atoms with E-state index in [-0.39, 0.29) is 6.04 Å². The molecule has 4 heteroatoms. The van der Waals surface area contributed by atoms with E-state index in [1.54, 1.807) is 18.4 Å². The van der Waals surface area contributed by atoms with E-state index in [4.69, 9.17) is 4.42 Å². The van der Waals surface area contributed by atoms with E-state index in [9.17, 15) is 4.39 Å². The van der Waals surface area contributed by atoms with E-state index < -0.39 is 5.95 Å². The number of nitrogens with one attached hydrogen (secondary N) is 1. The Balaban J connectivity index is 1.83. The maximum absolute atomic E-state index is 12.9. The van der Waals surface area contributed by atoms with Crippen LogP contribution in [0.4, 0.5) is 10.2 Å². The first-order valence-corrected chi connectivity index (χ1v) is 5.65. The molecule has 1 unspecified atom stereocenters. The van der Waals surface area contributed by atoms with E-state index in [0.717, 1.165) is 18.6 Å². The molecule has 0 saturated heterocycles. The van der Waals surface area contributed by atoms with Crippen LogP contribution in [0.5, 0.6) is 0 Å². The number of hydrogen-bond acceptors (Lipinski definition) is 3. The summed E-state index contributed by atoms with van der Waals surface area (Å²) in [6, 6.07) is 8.78. The summed E-state index contributed by atoms with van der Waals surface area (Å²) in [7, 11) is 0. The number of aryl methyl sites for hydroxylation is 1. The summed E-state index contributed by atoms with van der Waals surface area (Å²) < 4.78 is 18.1. The van der Waals surface area contributed by atoms with Crippen molar-refractivity contribution >= 4 is 5.82 Å². The fraction of sp³-hybridized carbons (Fsp3) is 0.308. The molecule has 0 aliphatic heterocycles. The summed E-state index contributed by atoms with van der Waals surface area (Å²) in [5, 5.41) is 3.15. The highest BCUT2D eigenvalue weighted by Gasteiger charge is 2.05. The third-order valence-electron chi connectivity index (χ3n) is 2.51. The normalized spacial score (nSPS) is 12.4. The second-order valence-electron chi connectivity index (χ2n) is 4.01. The summed E-state index contributed by atoms with van der Waals surface area (Å²) in [5.41, 5.74) is 0. The number of halogens is 1. The van der Waals surface area contributed by atoms with E-state index in [1.807, 2.05) is 19.1 Å². The Kier molecular flexibility index (Phi) is 3.75. The van der Waals surface area contributed by atoms with Crippen LogP contribution in [0.2, 0.25) is 0 Å². The standard InChI is InChI=1S/C13H15FN2O/c1-10(7-8-11-4-3-9-17-11)15-13-6-2-5-12(14)16-13/h2-6,9-10H,7-8H2,1H3,(H,15,16). The molecule has 2 heterocycles. The Hall–Kier alpha value is -1.84. The highest BCUT2D eigenvalue weighted by molar-refractivity contribution is 5.34. The average Bonchev–Trinajstić information content (AvgIpc) is 2.79. The van der Waals surface area contributed by atoms with Gasteiger partial charge in [-0.05, 0) is 37.6 Å². The molecule has 2 aromatic heterocycles. The quantitative estimate of drug-likeness (QED) is 0.807. The van der Waals surface area contributed by atoms with E-state index in [0.29, 0.717) is 5.82 Å². The molecule has 0 bridgehead atoms. The average molecular weight is 234 g/mol. The fourth-order valence-electron chi connectivity index (χ4n) is 1.63. The third-order valence-corrected chi connectivity index (χ3v) is 2.51. The molecule has 3 nitrogen and oxygen atoms in total. The first-order chi connectivity index (χ1) is 8.24. The van der Waals surface area contributed by atoms with Crippen molar-refractivity contribution in [1.82, 2.24) is 4.98 Å². The number of nitrogens with zero attached hydrogens (tertiary/aromatic N) is 1. The molecule has 0 aliphatic carbocycles. The zero-order valence-electron chi connectivity index (χ0n) is 9.69. The third kappa shape index (κ3) is 3.59. The van der Waals surface area contributed by atoms with Crippen LogP contribution < -0.4 is 5.32 Å². The van der Waals surface area contributed by atoms with Gasteiger partial charge in [-0.25, -0.2) is 4.98 Å². The minimum Gasteiger partial charge on any atom is -0.469 e. The second kappa shape index (κ2) is 5.48. The first kappa shape index (κ1) is 11.6. The lowest BCUT2D eigenvalue weighted by Crippen LogP contribution is -2.16. The Morgan fingerprint density at radius 3 is 2.94 bits per heavy atom. The molecule has 2 rings (SSSR count). The van der Waals surface area contributed by atoms with E-state index in [2.05, 4.69) is 10.3 Å². The minimum absolute atomic E-state index is 0.217. The van der Waals surface area contributed by atoms with Crippen molar-refractivity contribution in [1.29, 1.82) is 0 Å². The summed E-state index contributed by atoms with van der Waals surface area (Å²) >= 11 is 0. The van der Waals surface area contributed by atoms with Gasteiger partial charge in [0.2, 0.25) is 5.95 Å². The van der Waals surface area contributed by atoms with Crippen molar-refractivity contribution < 1.29 is 8.81 Å². The molecule has 0 spiro atoms. The monoisotopic (exact) mass is 234 g/mol. The summed E-state index contributed by atoms with van der Waals surface area (Å²) in [6.07, 6.45) is 3.43. The molecule has 90 valence electrons. The van der Waals surface area contributed by atoms with Crippen LogP contribution in [0.25, 0.3) is 0 Å². The van der Waals surface area contributed by atoms with Gasteiger partial charge in [0, 0.05) is 12.5 Å². The first-order valence-electron chi connectivity index (χ1n) is 5.65. The Labute approximate surface area is 99.7 Å². The van der Waals surface area contributed by atoms with Crippen LogP contribution in [0.3, 0.4) is 0 Å². The van der Waals surface area contributed by atoms with Gasteiger partial charge in [0.05, 0.1) is 6.26 Å². The van der Waals surface area contributed by atoms with Crippen molar-refractivity contribution in [3.8, 4) is 0 Å². The van der Waals surface area contributed by atoms with Gasteiger partial charge in [0.1, 0.15) is 11.6 Å². The number of hydrogen-bond donors (Lipinski definition) is 1. The number of anilines is 1. The van der Waals surface area contributed by atoms with Gasteiger partial charge in [-0.2, -0.15) is 4.39 Å². The molecule has 0 fully saturated rings. The largest absolute Gasteiger partial charge is 0.469 e. The summed E-state index contributed by atoms with van der Waals surface area (Å²) in [4.78, 5) is 3.76. The Morgan fingerprint density at radius 2 is 2.24 bits per heavy atom. The van der Waals surface area contributed by atoms with Crippen LogP contribution in [-0.4, -0.2) is 11.0 Å². The van der Waals surface area contributed by atoms with Gasteiger partial charge in [-0.1, -0.05) is 6.07 Å². The highest BCUT2D eigenvalue weighted by atomic mass is 19.1. The minimum atomic E-state index is -0.465. The molecular formula is C13H15FN2O. The maximum Gasteiger partial charge on any atom is 0.214 e. The molecule has 0 saturated carbocycles. The Bertz CT molecular complexity index is 456. The SMILES string of the molecule is CC(CCc1ccco1)Nc1cccc(F)n1. The fourth-order valence-corrected chi connectivity index (χ4v) is 1.63. The van der Waals surface area contributed by atoms with Gasteiger partial charge in [-0.3, -0.25) is 0 Å². The second-order valence-corrected chi connectivity index (χ2v) is 4.01. The molecule has 0 amide bonds. The van der Waals surface area contributed by atoms with Gasteiger partial charge in [0.25, 0.3) is 0 Å². The lowest BCUT2D eigenvalue weighted by Gasteiger charge is -2.13. The summed E-state index contributed by atoms with van der Waals surface area (Å²) in [5.74, 6) is 1.07. The van der Waals surface area contributed by atoms with Crippen molar-refractivity contribution in [2.75, 3.05) is 5.32 Å². The molecule has 0 radical (unpaired) electrons. The van der Waals surface area contributed by atoms with Crippen LogP contribution >= 0.6 is 0 Å². The van der Waals surface area contributed by atoms with Gasteiger partial charge in [0.15, 0.2) is 0 Å². The molecule has 1 N–H and O–H groups in total. The van der Waals surface area contributed by atoms with Crippen LogP contribution in [0.15, 0.2) is 41.0 Å². The predicted molar refractivity (Wildman–Crippen MR) is 64.3 cm³/mol. The summed E-state index contributed by atoms with van der Waals surface area (Å²) in [6.45, 7) is 2.04.